The van der Waals surface area contributed by atoms with Crippen molar-refractivity contribution in [2.24, 2.45) is 11.7 Å². The zero-order chi connectivity index (χ0) is 8.55. The van der Waals surface area contributed by atoms with Crippen molar-refractivity contribution in [3.63, 3.8) is 0 Å². The standard InChI is InChI=1S/C10H13NO/c1-7-9(11)10(7)12-8-5-3-2-4-6-8/h2-7,9-10H,11H2,1H3/t7-,9+,10?/m1/s1. The van der Waals surface area contributed by atoms with Crippen molar-refractivity contribution >= 4 is 0 Å². The van der Waals surface area contributed by atoms with E-state index in [1.807, 2.05) is 30.3 Å². The summed E-state index contributed by atoms with van der Waals surface area (Å²) in [4.78, 5) is 0. The summed E-state index contributed by atoms with van der Waals surface area (Å²) in [6, 6.07) is 10.0. The monoisotopic (exact) mass is 163 g/mol. The second-order valence-corrected chi connectivity index (χ2v) is 3.33. The number of hydrogen-bond acceptors (Lipinski definition) is 2. The van der Waals surface area contributed by atoms with Crippen LogP contribution >= 0.6 is 0 Å². The van der Waals surface area contributed by atoms with Gasteiger partial charge in [-0.15, -0.1) is 0 Å². The Morgan fingerprint density at radius 2 is 1.83 bits per heavy atom. The molecule has 0 radical (unpaired) electrons. The van der Waals surface area contributed by atoms with Crippen LogP contribution in [0.1, 0.15) is 6.92 Å². The molecule has 1 unspecified atom stereocenters. The fourth-order valence-corrected chi connectivity index (χ4v) is 1.30. The first-order valence-electron chi connectivity index (χ1n) is 4.26. The summed E-state index contributed by atoms with van der Waals surface area (Å²) in [6.45, 7) is 2.11. The molecule has 2 rings (SSSR count). The lowest BCUT2D eigenvalue weighted by Gasteiger charge is -2.03. The molecule has 0 bridgehead atoms. The van der Waals surface area contributed by atoms with Crippen LogP contribution in [-0.2, 0) is 0 Å². The molecule has 0 aliphatic heterocycles. The van der Waals surface area contributed by atoms with Gasteiger partial charge in [0, 0.05) is 12.0 Å². The molecule has 1 aromatic carbocycles. The fourth-order valence-electron chi connectivity index (χ4n) is 1.30. The molecular formula is C10H13NO. The molecule has 3 atom stereocenters. The van der Waals surface area contributed by atoms with Gasteiger partial charge < -0.3 is 10.5 Å². The average Bonchev–Trinajstić information content (AvgIpc) is 2.65. The minimum absolute atomic E-state index is 0.227. The van der Waals surface area contributed by atoms with Crippen LogP contribution in [0, 0.1) is 5.92 Å². The van der Waals surface area contributed by atoms with E-state index in [2.05, 4.69) is 6.92 Å². The highest BCUT2D eigenvalue weighted by atomic mass is 16.5. The summed E-state index contributed by atoms with van der Waals surface area (Å²) in [7, 11) is 0. The maximum Gasteiger partial charge on any atom is 0.119 e. The smallest absolute Gasteiger partial charge is 0.119 e. The van der Waals surface area contributed by atoms with Gasteiger partial charge in [-0.05, 0) is 12.1 Å². The van der Waals surface area contributed by atoms with Crippen molar-refractivity contribution in [3.8, 4) is 5.75 Å². The van der Waals surface area contributed by atoms with Crippen LogP contribution in [0.15, 0.2) is 30.3 Å². The van der Waals surface area contributed by atoms with E-state index in [9.17, 15) is 0 Å². The number of ether oxygens (including phenoxy) is 1. The minimum Gasteiger partial charge on any atom is -0.488 e. The molecule has 2 nitrogen and oxygen atoms in total. The third kappa shape index (κ3) is 1.30. The Bertz CT molecular complexity index is 252. The third-order valence-electron chi connectivity index (χ3n) is 2.38. The van der Waals surface area contributed by atoms with Crippen LogP contribution in [0.3, 0.4) is 0 Å². The first kappa shape index (κ1) is 7.62. The maximum absolute atomic E-state index is 5.73. The molecule has 1 saturated carbocycles. The second kappa shape index (κ2) is 2.79. The van der Waals surface area contributed by atoms with Crippen LogP contribution in [0.5, 0.6) is 5.75 Å². The highest BCUT2D eigenvalue weighted by molar-refractivity contribution is 5.23. The van der Waals surface area contributed by atoms with Crippen molar-refractivity contribution in [2.45, 2.75) is 19.1 Å². The van der Waals surface area contributed by atoms with E-state index >= 15 is 0 Å². The quantitative estimate of drug-likeness (QED) is 0.715. The molecule has 64 valence electrons. The first-order valence-corrected chi connectivity index (χ1v) is 4.26. The molecule has 0 aromatic heterocycles. The summed E-state index contributed by atoms with van der Waals surface area (Å²) >= 11 is 0. The summed E-state index contributed by atoms with van der Waals surface area (Å²) < 4.78 is 5.62. The number of hydrogen-bond donors (Lipinski definition) is 1. The highest BCUT2D eigenvalue weighted by Gasteiger charge is 2.46. The average molecular weight is 163 g/mol. The van der Waals surface area contributed by atoms with Gasteiger partial charge in [-0.1, -0.05) is 25.1 Å². The van der Waals surface area contributed by atoms with E-state index in [4.69, 9.17) is 10.5 Å². The van der Waals surface area contributed by atoms with Crippen molar-refractivity contribution in [3.05, 3.63) is 30.3 Å². The summed E-state index contributed by atoms with van der Waals surface area (Å²) in [5, 5.41) is 0. The minimum atomic E-state index is 0.227. The zero-order valence-electron chi connectivity index (χ0n) is 7.10. The Hall–Kier alpha value is -1.02. The second-order valence-electron chi connectivity index (χ2n) is 3.33. The Morgan fingerprint density at radius 3 is 2.33 bits per heavy atom. The Balaban J connectivity index is 1.97. The SMILES string of the molecule is C[C@H]1C(Oc2ccccc2)[C@H]1N. The molecular weight excluding hydrogens is 150 g/mol. The number of rotatable bonds is 2. The molecule has 12 heavy (non-hydrogen) atoms. The highest BCUT2D eigenvalue weighted by Crippen LogP contribution is 2.32. The van der Waals surface area contributed by atoms with Crippen LogP contribution < -0.4 is 10.5 Å². The predicted molar refractivity (Wildman–Crippen MR) is 48.0 cm³/mol. The third-order valence-corrected chi connectivity index (χ3v) is 2.38. The van der Waals surface area contributed by atoms with Crippen LogP contribution in [0.4, 0.5) is 0 Å². The van der Waals surface area contributed by atoms with E-state index in [1.54, 1.807) is 0 Å². The molecule has 1 aromatic rings. The number of nitrogens with two attached hydrogens (primary N) is 1. The van der Waals surface area contributed by atoms with Gasteiger partial charge in [-0.2, -0.15) is 0 Å². The van der Waals surface area contributed by atoms with E-state index < -0.39 is 0 Å². The van der Waals surface area contributed by atoms with Gasteiger partial charge in [0.05, 0.1) is 0 Å². The number of para-hydroxylation sites is 1. The van der Waals surface area contributed by atoms with E-state index in [1.165, 1.54) is 0 Å². The zero-order valence-corrected chi connectivity index (χ0v) is 7.10. The normalized spacial score (nSPS) is 33.0. The molecule has 2 N–H and O–H groups in total. The lowest BCUT2D eigenvalue weighted by molar-refractivity contribution is 0.283. The van der Waals surface area contributed by atoms with Crippen molar-refractivity contribution in [2.75, 3.05) is 0 Å². The van der Waals surface area contributed by atoms with Crippen LogP contribution in [-0.4, -0.2) is 12.1 Å². The summed E-state index contributed by atoms with van der Waals surface area (Å²) in [5.41, 5.74) is 5.73. The van der Waals surface area contributed by atoms with Gasteiger partial charge in [0.1, 0.15) is 11.9 Å². The molecule has 1 fully saturated rings. The van der Waals surface area contributed by atoms with E-state index in [-0.39, 0.29) is 12.1 Å². The predicted octanol–water partition coefficient (Wildman–Crippen LogP) is 1.41. The lowest BCUT2D eigenvalue weighted by atomic mass is 10.3. The maximum atomic E-state index is 5.73. The molecule has 1 aliphatic rings. The van der Waals surface area contributed by atoms with Crippen molar-refractivity contribution in [1.82, 2.24) is 0 Å². The Morgan fingerprint density at radius 1 is 1.25 bits per heavy atom. The number of benzene rings is 1. The largest absolute Gasteiger partial charge is 0.488 e. The van der Waals surface area contributed by atoms with Crippen molar-refractivity contribution < 1.29 is 4.74 Å². The van der Waals surface area contributed by atoms with Gasteiger partial charge in [-0.3, -0.25) is 0 Å². The molecule has 0 saturated heterocycles. The van der Waals surface area contributed by atoms with Gasteiger partial charge in [-0.25, -0.2) is 0 Å². The Labute approximate surface area is 72.3 Å². The molecule has 2 heteroatoms. The van der Waals surface area contributed by atoms with Crippen molar-refractivity contribution in [1.29, 1.82) is 0 Å². The molecule has 1 aliphatic carbocycles. The van der Waals surface area contributed by atoms with Gasteiger partial charge in [0.2, 0.25) is 0 Å². The topological polar surface area (TPSA) is 35.2 Å². The summed E-state index contributed by atoms with van der Waals surface area (Å²) in [6.07, 6.45) is 0.229. The van der Waals surface area contributed by atoms with Gasteiger partial charge in [0.15, 0.2) is 0 Å². The van der Waals surface area contributed by atoms with E-state index in [0.717, 1.165) is 5.75 Å². The molecule has 0 spiro atoms. The fraction of sp³-hybridized carbons (Fsp3) is 0.400. The summed E-state index contributed by atoms with van der Waals surface area (Å²) in [5.74, 6) is 1.42. The van der Waals surface area contributed by atoms with Gasteiger partial charge in [0.25, 0.3) is 0 Å². The Kier molecular flexibility index (Phi) is 1.77. The molecule has 0 amide bonds. The van der Waals surface area contributed by atoms with Gasteiger partial charge >= 0.3 is 0 Å². The first-order chi connectivity index (χ1) is 5.79. The van der Waals surface area contributed by atoms with E-state index in [0.29, 0.717) is 5.92 Å². The molecule has 0 heterocycles. The van der Waals surface area contributed by atoms with Crippen LogP contribution in [0.2, 0.25) is 0 Å². The lowest BCUT2D eigenvalue weighted by Crippen LogP contribution is -2.10. The van der Waals surface area contributed by atoms with Crippen LogP contribution in [0.25, 0.3) is 0 Å².